The van der Waals surface area contributed by atoms with Crippen LogP contribution in [0.2, 0.25) is 0 Å². The van der Waals surface area contributed by atoms with Crippen molar-refractivity contribution in [3.05, 3.63) is 18.7 Å². The molecular weight excluding hydrogens is 140 g/mol. The van der Waals surface area contributed by atoms with Gasteiger partial charge in [-0.3, -0.25) is 0 Å². The van der Waals surface area contributed by atoms with E-state index in [1.54, 1.807) is 19.6 Å². The number of hydrogen-bond donors (Lipinski definition) is 0. The first kappa shape index (κ1) is 8.27. The lowest BCUT2D eigenvalue weighted by atomic mass is 10.3. The highest BCUT2D eigenvalue weighted by Crippen LogP contribution is 2.12. The second-order valence-electron chi connectivity index (χ2n) is 2.49. The SMILES string of the molecule is CCCC(OC)n1ccnc1. The predicted molar refractivity (Wildman–Crippen MR) is 43.2 cm³/mol. The molecule has 0 saturated carbocycles. The number of imidazole rings is 1. The standard InChI is InChI=1S/C8H14N2O/c1-3-4-8(11-2)10-6-5-9-7-10/h5-8H,3-4H2,1-2H3. The van der Waals surface area contributed by atoms with Crippen molar-refractivity contribution >= 4 is 0 Å². The van der Waals surface area contributed by atoms with Gasteiger partial charge in [-0.05, 0) is 6.42 Å². The lowest BCUT2D eigenvalue weighted by Crippen LogP contribution is -2.08. The van der Waals surface area contributed by atoms with Gasteiger partial charge in [-0.25, -0.2) is 4.98 Å². The van der Waals surface area contributed by atoms with E-state index in [1.165, 1.54) is 0 Å². The summed E-state index contributed by atoms with van der Waals surface area (Å²) in [5.41, 5.74) is 0. The Morgan fingerprint density at radius 2 is 2.45 bits per heavy atom. The Morgan fingerprint density at radius 3 is 2.91 bits per heavy atom. The second kappa shape index (κ2) is 4.13. The third-order valence-electron chi connectivity index (χ3n) is 1.67. The molecule has 3 heteroatoms. The first-order valence-corrected chi connectivity index (χ1v) is 3.88. The van der Waals surface area contributed by atoms with E-state index in [1.807, 2.05) is 10.8 Å². The van der Waals surface area contributed by atoms with E-state index < -0.39 is 0 Å². The molecule has 0 fully saturated rings. The zero-order valence-corrected chi connectivity index (χ0v) is 7.03. The molecule has 0 bridgehead atoms. The normalized spacial score (nSPS) is 13.3. The average molecular weight is 154 g/mol. The molecule has 1 rings (SSSR count). The summed E-state index contributed by atoms with van der Waals surface area (Å²) in [4.78, 5) is 3.96. The van der Waals surface area contributed by atoms with Crippen LogP contribution in [0.3, 0.4) is 0 Å². The number of hydrogen-bond acceptors (Lipinski definition) is 2. The summed E-state index contributed by atoms with van der Waals surface area (Å²) in [5, 5.41) is 0. The van der Waals surface area contributed by atoms with E-state index in [-0.39, 0.29) is 6.23 Å². The van der Waals surface area contributed by atoms with Gasteiger partial charge in [0, 0.05) is 19.5 Å². The van der Waals surface area contributed by atoms with Gasteiger partial charge < -0.3 is 9.30 Å². The Kier molecular flexibility index (Phi) is 3.11. The van der Waals surface area contributed by atoms with Crippen molar-refractivity contribution in [1.29, 1.82) is 0 Å². The molecule has 3 nitrogen and oxygen atoms in total. The van der Waals surface area contributed by atoms with E-state index in [0.717, 1.165) is 12.8 Å². The molecule has 62 valence electrons. The maximum absolute atomic E-state index is 5.26. The second-order valence-corrected chi connectivity index (χ2v) is 2.49. The third kappa shape index (κ3) is 2.05. The van der Waals surface area contributed by atoms with Gasteiger partial charge in [0.15, 0.2) is 0 Å². The third-order valence-corrected chi connectivity index (χ3v) is 1.67. The molecule has 0 aliphatic carbocycles. The molecule has 0 aromatic carbocycles. The fraction of sp³-hybridized carbons (Fsp3) is 0.625. The van der Waals surface area contributed by atoms with Crippen LogP contribution >= 0.6 is 0 Å². The van der Waals surface area contributed by atoms with Crippen molar-refractivity contribution in [2.75, 3.05) is 7.11 Å². The zero-order valence-electron chi connectivity index (χ0n) is 7.03. The van der Waals surface area contributed by atoms with Crippen LogP contribution < -0.4 is 0 Å². The summed E-state index contributed by atoms with van der Waals surface area (Å²) in [7, 11) is 1.72. The molecule has 0 spiro atoms. The van der Waals surface area contributed by atoms with E-state index in [0.29, 0.717) is 0 Å². The van der Waals surface area contributed by atoms with Crippen LogP contribution in [-0.2, 0) is 4.74 Å². The molecule has 1 unspecified atom stereocenters. The molecule has 0 aliphatic rings. The smallest absolute Gasteiger partial charge is 0.134 e. The van der Waals surface area contributed by atoms with Crippen molar-refractivity contribution in [2.24, 2.45) is 0 Å². The molecule has 0 saturated heterocycles. The Bertz CT molecular complexity index is 184. The van der Waals surface area contributed by atoms with Crippen LogP contribution in [0.25, 0.3) is 0 Å². The molecule has 0 amide bonds. The highest BCUT2D eigenvalue weighted by molar-refractivity contribution is 4.76. The Hall–Kier alpha value is -0.830. The minimum absolute atomic E-state index is 0.155. The van der Waals surface area contributed by atoms with Crippen molar-refractivity contribution in [3.63, 3.8) is 0 Å². The fourth-order valence-corrected chi connectivity index (χ4v) is 1.08. The maximum atomic E-state index is 5.26. The lowest BCUT2D eigenvalue weighted by molar-refractivity contribution is 0.0363. The van der Waals surface area contributed by atoms with Crippen LogP contribution in [0.5, 0.6) is 0 Å². The molecule has 0 radical (unpaired) electrons. The van der Waals surface area contributed by atoms with Crippen LogP contribution in [0.1, 0.15) is 26.0 Å². The summed E-state index contributed by atoms with van der Waals surface area (Å²) >= 11 is 0. The van der Waals surface area contributed by atoms with Crippen LogP contribution in [0.4, 0.5) is 0 Å². The predicted octanol–water partition coefficient (Wildman–Crippen LogP) is 1.83. The maximum Gasteiger partial charge on any atom is 0.134 e. The molecule has 1 aromatic heterocycles. The van der Waals surface area contributed by atoms with E-state index in [9.17, 15) is 0 Å². The number of aromatic nitrogens is 2. The number of methoxy groups -OCH3 is 1. The Morgan fingerprint density at radius 1 is 1.64 bits per heavy atom. The lowest BCUT2D eigenvalue weighted by Gasteiger charge is -2.14. The Labute approximate surface area is 67.0 Å². The molecule has 1 aromatic rings. The zero-order chi connectivity index (χ0) is 8.10. The van der Waals surface area contributed by atoms with Gasteiger partial charge in [-0.2, -0.15) is 0 Å². The van der Waals surface area contributed by atoms with Crippen molar-refractivity contribution in [2.45, 2.75) is 26.0 Å². The van der Waals surface area contributed by atoms with Gasteiger partial charge >= 0.3 is 0 Å². The van der Waals surface area contributed by atoms with Gasteiger partial charge in [0.2, 0.25) is 0 Å². The van der Waals surface area contributed by atoms with Gasteiger partial charge in [0.05, 0.1) is 6.33 Å². The van der Waals surface area contributed by atoms with Crippen LogP contribution in [0, 0.1) is 0 Å². The summed E-state index contributed by atoms with van der Waals surface area (Å²) in [6.07, 6.45) is 7.78. The summed E-state index contributed by atoms with van der Waals surface area (Å²) in [6.45, 7) is 2.14. The fourth-order valence-electron chi connectivity index (χ4n) is 1.08. The number of ether oxygens (including phenoxy) is 1. The van der Waals surface area contributed by atoms with E-state index in [4.69, 9.17) is 4.74 Å². The Balaban J connectivity index is 2.56. The largest absolute Gasteiger partial charge is 0.361 e. The van der Waals surface area contributed by atoms with E-state index in [2.05, 4.69) is 11.9 Å². The summed E-state index contributed by atoms with van der Waals surface area (Å²) < 4.78 is 7.23. The monoisotopic (exact) mass is 154 g/mol. The van der Waals surface area contributed by atoms with Crippen molar-refractivity contribution < 1.29 is 4.74 Å². The van der Waals surface area contributed by atoms with Crippen LogP contribution in [-0.4, -0.2) is 16.7 Å². The highest BCUT2D eigenvalue weighted by atomic mass is 16.5. The first-order valence-electron chi connectivity index (χ1n) is 3.88. The first-order chi connectivity index (χ1) is 5.38. The topological polar surface area (TPSA) is 27.1 Å². The van der Waals surface area contributed by atoms with Crippen molar-refractivity contribution in [1.82, 2.24) is 9.55 Å². The van der Waals surface area contributed by atoms with Gasteiger partial charge in [0.25, 0.3) is 0 Å². The van der Waals surface area contributed by atoms with E-state index >= 15 is 0 Å². The summed E-state index contributed by atoms with van der Waals surface area (Å²) in [6, 6.07) is 0. The minimum atomic E-state index is 0.155. The molecule has 0 aliphatic heterocycles. The average Bonchev–Trinajstić information content (AvgIpc) is 2.52. The van der Waals surface area contributed by atoms with Gasteiger partial charge in [-0.15, -0.1) is 0 Å². The molecule has 1 heterocycles. The van der Waals surface area contributed by atoms with Crippen LogP contribution in [0.15, 0.2) is 18.7 Å². The van der Waals surface area contributed by atoms with Gasteiger partial charge in [0.1, 0.15) is 6.23 Å². The van der Waals surface area contributed by atoms with Gasteiger partial charge in [-0.1, -0.05) is 13.3 Å². The molecular formula is C8H14N2O. The molecule has 11 heavy (non-hydrogen) atoms. The minimum Gasteiger partial charge on any atom is -0.361 e. The highest BCUT2D eigenvalue weighted by Gasteiger charge is 2.05. The molecule has 0 N–H and O–H groups in total. The number of nitrogens with zero attached hydrogens (tertiary/aromatic N) is 2. The van der Waals surface area contributed by atoms with Crippen molar-refractivity contribution in [3.8, 4) is 0 Å². The number of rotatable bonds is 4. The quantitative estimate of drug-likeness (QED) is 0.661. The summed E-state index contributed by atoms with van der Waals surface area (Å²) in [5.74, 6) is 0. The molecule has 1 atom stereocenters.